The van der Waals surface area contributed by atoms with E-state index in [0.29, 0.717) is 18.1 Å². The lowest BCUT2D eigenvalue weighted by molar-refractivity contribution is -0.116. The number of nitrogens with one attached hydrogen (secondary N) is 2. The van der Waals surface area contributed by atoms with Gasteiger partial charge in [0.15, 0.2) is 5.11 Å². The van der Waals surface area contributed by atoms with Gasteiger partial charge < -0.3 is 20.1 Å². The highest BCUT2D eigenvalue weighted by molar-refractivity contribution is 7.80. The molecule has 0 saturated carbocycles. The molecule has 8 heteroatoms. The third-order valence-corrected chi connectivity index (χ3v) is 6.78. The van der Waals surface area contributed by atoms with Crippen molar-refractivity contribution in [3.8, 4) is 5.82 Å². The van der Waals surface area contributed by atoms with Gasteiger partial charge in [0.2, 0.25) is 5.91 Å². The summed E-state index contributed by atoms with van der Waals surface area (Å²) in [5.41, 5.74) is 4.89. The van der Waals surface area contributed by atoms with Crippen molar-refractivity contribution in [1.82, 2.24) is 24.8 Å². The molecular weight excluding hydrogens is 468 g/mol. The van der Waals surface area contributed by atoms with E-state index < -0.39 is 0 Å². The smallest absolute Gasteiger partial charge is 0.226 e. The van der Waals surface area contributed by atoms with Crippen LogP contribution in [-0.2, 0) is 4.79 Å². The van der Waals surface area contributed by atoms with Crippen molar-refractivity contribution < 1.29 is 4.79 Å². The number of aromatic nitrogens is 3. The number of thiocarbonyl (C=S) groups is 1. The molecule has 4 aromatic rings. The maximum Gasteiger partial charge on any atom is 0.226 e. The summed E-state index contributed by atoms with van der Waals surface area (Å²) in [6.07, 6.45) is 5.86. The summed E-state index contributed by atoms with van der Waals surface area (Å²) in [5.74, 6) is 0.773. The van der Waals surface area contributed by atoms with E-state index >= 15 is 0 Å². The summed E-state index contributed by atoms with van der Waals surface area (Å²) in [6.45, 7) is 4.47. The Balaban J connectivity index is 1.43. The molecule has 1 amide bonds. The van der Waals surface area contributed by atoms with E-state index in [9.17, 15) is 4.79 Å². The van der Waals surface area contributed by atoms with Gasteiger partial charge in [0.1, 0.15) is 5.82 Å². The van der Waals surface area contributed by atoms with E-state index in [-0.39, 0.29) is 18.0 Å². The normalized spacial score (nSPS) is 17.2. The standard InChI is InChI=1S/C28H28N6OS/c1-19-11-12-20(2)22(18-19)31-25(35)13-17-34-27(26(32-28(34)36)21-8-3-5-14-29-21)23-9-7-16-33(23)24-10-4-6-15-30-24/h3-12,14-16,18,26-27H,13,17H2,1-2H3,(H,31,35)(H,32,36)/t26-,27+/m0/s1. The fourth-order valence-electron chi connectivity index (χ4n) is 4.61. The first kappa shape index (κ1) is 23.7. The quantitative estimate of drug-likeness (QED) is 0.355. The molecule has 0 spiro atoms. The van der Waals surface area contributed by atoms with Gasteiger partial charge in [-0.25, -0.2) is 4.98 Å². The number of hydrogen-bond donors (Lipinski definition) is 2. The Morgan fingerprint density at radius 2 is 1.83 bits per heavy atom. The second-order valence-corrected chi connectivity index (χ2v) is 9.31. The number of pyridine rings is 2. The Morgan fingerprint density at radius 3 is 2.58 bits per heavy atom. The number of carbonyl (C=O) groups excluding carboxylic acids is 1. The molecule has 2 atom stereocenters. The average Bonchev–Trinajstić information content (AvgIpc) is 3.50. The summed E-state index contributed by atoms with van der Waals surface area (Å²) < 4.78 is 2.07. The van der Waals surface area contributed by atoms with E-state index in [1.165, 1.54) is 0 Å². The van der Waals surface area contributed by atoms with Crippen LogP contribution in [0.2, 0.25) is 0 Å². The summed E-state index contributed by atoms with van der Waals surface area (Å²) in [4.78, 5) is 24.2. The Kier molecular flexibility index (Phi) is 6.77. The largest absolute Gasteiger partial charge is 0.352 e. The summed E-state index contributed by atoms with van der Waals surface area (Å²) >= 11 is 5.78. The molecule has 1 saturated heterocycles. The van der Waals surface area contributed by atoms with Crippen LogP contribution < -0.4 is 10.6 Å². The summed E-state index contributed by atoms with van der Waals surface area (Å²) in [7, 11) is 0. The van der Waals surface area contributed by atoms with Crippen LogP contribution in [0.1, 0.15) is 41.0 Å². The number of nitrogens with zero attached hydrogens (tertiary/aromatic N) is 4. The summed E-state index contributed by atoms with van der Waals surface area (Å²) in [6, 6.07) is 21.5. The van der Waals surface area contributed by atoms with E-state index in [2.05, 4.69) is 36.1 Å². The zero-order valence-electron chi connectivity index (χ0n) is 20.3. The Bertz CT molecular complexity index is 1370. The van der Waals surface area contributed by atoms with Gasteiger partial charge in [0.25, 0.3) is 0 Å². The zero-order chi connectivity index (χ0) is 25.1. The molecule has 1 aliphatic heterocycles. The number of hydrogen-bond acceptors (Lipinski definition) is 4. The molecule has 0 aliphatic carbocycles. The van der Waals surface area contributed by atoms with Gasteiger partial charge in [0.05, 0.1) is 17.8 Å². The van der Waals surface area contributed by atoms with Crippen molar-refractivity contribution in [1.29, 1.82) is 0 Å². The monoisotopic (exact) mass is 496 g/mol. The third-order valence-electron chi connectivity index (χ3n) is 6.42. The highest BCUT2D eigenvalue weighted by Gasteiger charge is 2.41. The van der Waals surface area contributed by atoms with Crippen LogP contribution in [-0.4, -0.2) is 37.0 Å². The number of carbonyl (C=O) groups is 1. The van der Waals surface area contributed by atoms with Crippen LogP contribution in [0.5, 0.6) is 0 Å². The SMILES string of the molecule is Cc1ccc(C)c(NC(=O)CCN2C(=S)N[C@@H](c3ccccn3)[C@H]2c2cccn2-c2ccccn2)c1. The number of aryl methyl sites for hydroxylation is 2. The lowest BCUT2D eigenvalue weighted by Crippen LogP contribution is -2.33. The first-order chi connectivity index (χ1) is 17.5. The third kappa shape index (κ3) is 4.85. The van der Waals surface area contributed by atoms with Gasteiger partial charge >= 0.3 is 0 Å². The van der Waals surface area contributed by atoms with Crippen LogP contribution in [0, 0.1) is 13.8 Å². The maximum absolute atomic E-state index is 12.9. The van der Waals surface area contributed by atoms with Crippen molar-refractivity contribution >= 4 is 28.9 Å². The molecule has 1 fully saturated rings. The maximum atomic E-state index is 12.9. The van der Waals surface area contributed by atoms with Gasteiger partial charge in [0, 0.05) is 42.9 Å². The first-order valence-corrected chi connectivity index (χ1v) is 12.4. The van der Waals surface area contributed by atoms with Crippen LogP contribution >= 0.6 is 12.2 Å². The summed E-state index contributed by atoms with van der Waals surface area (Å²) in [5, 5.41) is 7.12. The van der Waals surface area contributed by atoms with Gasteiger partial charge in [-0.15, -0.1) is 0 Å². The molecule has 0 radical (unpaired) electrons. The lowest BCUT2D eigenvalue weighted by atomic mass is 10.0. The predicted octanol–water partition coefficient (Wildman–Crippen LogP) is 4.89. The molecule has 5 rings (SSSR count). The second kappa shape index (κ2) is 10.3. The van der Waals surface area contributed by atoms with Crippen LogP contribution in [0.4, 0.5) is 5.69 Å². The van der Waals surface area contributed by atoms with Crippen molar-refractivity contribution in [2.45, 2.75) is 32.4 Å². The van der Waals surface area contributed by atoms with Crippen molar-refractivity contribution in [2.75, 3.05) is 11.9 Å². The number of rotatable bonds is 7. The molecule has 1 aliphatic rings. The molecule has 0 bridgehead atoms. The minimum Gasteiger partial charge on any atom is -0.352 e. The molecule has 0 unspecified atom stereocenters. The Morgan fingerprint density at radius 1 is 1.03 bits per heavy atom. The number of amides is 1. The fourth-order valence-corrected chi connectivity index (χ4v) is 4.94. The number of anilines is 1. The van der Waals surface area contributed by atoms with E-state index in [1.807, 2.05) is 80.7 Å². The molecule has 2 N–H and O–H groups in total. The molecule has 36 heavy (non-hydrogen) atoms. The minimum atomic E-state index is -0.169. The molecule has 1 aromatic carbocycles. The van der Waals surface area contributed by atoms with Gasteiger partial charge in [-0.3, -0.25) is 9.78 Å². The van der Waals surface area contributed by atoms with E-state index in [4.69, 9.17) is 12.2 Å². The Hall–Kier alpha value is -4.04. The highest BCUT2D eigenvalue weighted by Crippen LogP contribution is 2.39. The average molecular weight is 497 g/mol. The molecular formula is C28H28N6OS. The van der Waals surface area contributed by atoms with Crippen LogP contribution in [0.3, 0.4) is 0 Å². The fraction of sp³-hybridized carbons (Fsp3) is 0.214. The molecule has 7 nitrogen and oxygen atoms in total. The zero-order valence-corrected chi connectivity index (χ0v) is 21.1. The molecule has 3 aromatic heterocycles. The molecule has 182 valence electrons. The van der Waals surface area contributed by atoms with Crippen molar-refractivity contribution in [3.05, 3.63) is 108 Å². The lowest BCUT2D eigenvalue weighted by Gasteiger charge is -2.28. The highest BCUT2D eigenvalue weighted by atomic mass is 32.1. The first-order valence-electron chi connectivity index (χ1n) is 11.9. The van der Waals surface area contributed by atoms with Crippen LogP contribution in [0.25, 0.3) is 5.82 Å². The second-order valence-electron chi connectivity index (χ2n) is 8.93. The Labute approximate surface area is 216 Å². The van der Waals surface area contributed by atoms with Crippen LogP contribution in [0.15, 0.2) is 85.3 Å². The van der Waals surface area contributed by atoms with Gasteiger partial charge in [-0.05, 0) is 79.7 Å². The van der Waals surface area contributed by atoms with E-state index in [0.717, 1.165) is 34.0 Å². The van der Waals surface area contributed by atoms with Crippen molar-refractivity contribution in [2.24, 2.45) is 0 Å². The minimum absolute atomic E-state index is 0.0494. The van der Waals surface area contributed by atoms with Gasteiger partial charge in [-0.2, -0.15) is 0 Å². The molecule has 4 heterocycles. The van der Waals surface area contributed by atoms with E-state index in [1.54, 1.807) is 12.4 Å². The topological polar surface area (TPSA) is 75.1 Å². The number of benzene rings is 1. The predicted molar refractivity (Wildman–Crippen MR) is 145 cm³/mol. The van der Waals surface area contributed by atoms with Gasteiger partial charge in [-0.1, -0.05) is 24.3 Å². The van der Waals surface area contributed by atoms with Crippen molar-refractivity contribution in [3.63, 3.8) is 0 Å².